The molecular weight excluding hydrogens is 160 g/mol. The van der Waals surface area contributed by atoms with Crippen molar-refractivity contribution in [2.45, 2.75) is 12.2 Å². The van der Waals surface area contributed by atoms with Crippen LogP contribution in [0.4, 0.5) is 0 Å². The number of hydrogen-bond donors (Lipinski definition) is 0. The van der Waals surface area contributed by atoms with Gasteiger partial charge in [-0.05, 0) is 17.2 Å². The number of thioether (sulfide) groups is 2. The molecule has 0 spiro atoms. The van der Waals surface area contributed by atoms with E-state index in [1.165, 1.54) is 9.81 Å². The van der Waals surface area contributed by atoms with E-state index in [1.54, 1.807) is 0 Å². The molecule has 0 saturated carbocycles. The van der Waals surface area contributed by atoms with Crippen LogP contribution in [0.5, 0.6) is 0 Å². The van der Waals surface area contributed by atoms with E-state index in [-0.39, 0.29) is 0 Å². The largest absolute Gasteiger partial charge is 0.121 e. The van der Waals surface area contributed by atoms with Crippen molar-refractivity contribution in [3.8, 4) is 0 Å². The molecule has 2 heteroatoms. The van der Waals surface area contributed by atoms with E-state index < -0.39 is 0 Å². The summed E-state index contributed by atoms with van der Waals surface area (Å²) in [5.41, 5.74) is 0. The molecule has 0 aromatic carbocycles. The van der Waals surface area contributed by atoms with Gasteiger partial charge in [-0.25, -0.2) is 0 Å². The lowest BCUT2D eigenvalue weighted by molar-refractivity contribution is 1.39. The van der Waals surface area contributed by atoms with E-state index in [9.17, 15) is 0 Å². The lowest BCUT2D eigenvalue weighted by atomic mass is 10.3. The second-order valence-corrected chi connectivity index (χ2v) is 4.71. The topological polar surface area (TPSA) is 0 Å². The van der Waals surface area contributed by atoms with Gasteiger partial charge in [0.05, 0.1) is 5.25 Å². The average molecular weight is 168 g/mol. The van der Waals surface area contributed by atoms with E-state index in [4.69, 9.17) is 0 Å². The molecule has 0 nitrogen and oxygen atoms in total. The third kappa shape index (κ3) is 1.06. The minimum Gasteiger partial charge on any atom is -0.121 e. The van der Waals surface area contributed by atoms with Crippen LogP contribution in [0.15, 0.2) is 33.4 Å². The van der Waals surface area contributed by atoms with Crippen molar-refractivity contribution in [3.63, 3.8) is 0 Å². The van der Waals surface area contributed by atoms with Gasteiger partial charge < -0.3 is 0 Å². The Hall–Kier alpha value is -0.0800. The molecule has 0 N–H and O–H groups in total. The Kier molecular flexibility index (Phi) is 1.66. The summed E-state index contributed by atoms with van der Waals surface area (Å²) in [6.07, 6.45) is 6.65. The predicted octanol–water partition coefficient (Wildman–Crippen LogP) is 3.15. The van der Waals surface area contributed by atoms with Crippen molar-refractivity contribution in [1.29, 1.82) is 0 Å². The van der Waals surface area contributed by atoms with Gasteiger partial charge >= 0.3 is 0 Å². The second-order valence-electron chi connectivity index (χ2n) is 2.33. The summed E-state index contributed by atoms with van der Waals surface area (Å²) in [4.78, 5) is 2.93. The number of rotatable bonds is 0. The van der Waals surface area contributed by atoms with Crippen LogP contribution in [-0.2, 0) is 0 Å². The van der Waals surface area contributed by atoms with Gasteiger partial charge in [0.25, 0.3) is 0 Å². The maximum atomic E-state index is 2.32. The Morgan fingerprint density at radius 2 is 2.40 bits per heavy atom. The monoisotopic (exact) mass is 168 g/mol. The Balaban J connectivity index is 2.28. The van der Waals surface area contributed by atoms with Crippen LogP contribution in [0.2, 0.25) is 0 Å². The molecule has 52 valence electrons. The summed E-state index contributed by atoms with van der Waals surface area (Å²) < 4.78 is 0. The Bertz CT molecular complexity index is 236. The minimum atomic E-state index is 0.634. The molecule has 2 rings (SSSR count). The van der Waals surface area contributed by atoms with Gasteiger partial charge in [0, 0.05) is 4.91 Å². The molecule has 0 aromatic heterocycles. The zero-order chi connectivity index (χ0) is 6.97. The highest BCUT2D eigenvalue weighted by Crippen LogP contribution is 2.43. The predicted molar refractivity (Wildman–Crippen MR) is 50.0 cm³/mol. The van der Waals surface area contributed by atoms with Crippen LogP contribution in [0.25, 0.3) is 0 Å². The van der Waals surface area contributed by atoms with Crippen LogP contribution in [0.1, 0.15) is 6.92 Å². The first-order chi connectivity index (χ1) is 4.86. The molecule has 2 aliphatic rings. The van der Waals surface area contributed by atoms with E-state index in [1.807, 2.05) is 23.5 Å². The summed E-state index contributed by atoms with van der Waals surface area (Å²) in [7, 11) is 0. The fourth-order valence-electron chi connectivity index (χ4n) is 1.07. The standard InChI is InChI=1S/C8H8S2/c1-6-5-8-7(10-6)3-2-4-9-8/h2-5,8H,1H3. The molecule has 1 unspecified atom stereocenters. The Labute approximate surface area is 69.5 Å². The molecule has 0 fully saturated rings. The Morgan fingerprint density at radius 1 is 1.50 bits per heavy atom. The molecule has 2 aliphatic heterocycles. The van der Waals surface area contributed by atoms with Crippen molar-refractivity contribution < 1.29 is 0 Å². The zero-order valence-electron chi connectivity index (χ0n) is 5.70. The molecule has 2 heterocycles. The summed E-state index contributed by atoms with van der Waals surface area (Å²) in [6, 6.07) is 0. The molecular formula is C8H8S2. The van der Waals surface area contributed by atoms with Gasteiger partial charge in [0.1, 0.15) is 0 Å². The fraction of sp³-hybridized carbons (Fsp3) is 0.250. The van der Waals surface area contributed by atoms with Gasteiger partial charge in [-0.1, -0.05) is 30.0 Å². The fourth-order valence-corrected chi connectivity index (χ4v) is 3.21. The van der Waals surface area contributed by atoms with Gasteiger partial charge in [0.2, 0.25) is 0 Å². The maximum Gasteiger partial charge on any atom is 0.0592 e. The number of hydrogen-bond acceptors (Lipinski definition) is 2. The van der Waals surface area contributed by atoms with Gasteiger partial charge in [-0.15, -0.1) is 11.8 Å². The van der Waals surface area contributed by atoms with Crippen LogP contribution in [-0.4, -0.2) is 5.25 Å². The average Bonchev–Trinajstić information content (AvgIpc) is 2.27. The van der Waals surface area contributed by atoms with Crippen LogP contribution in [0, 0.1) is 0 Å². The number of fused-ring (bicyclic) bond motifs is 1. The molecule has 0 aromatic rings. The van der Waals surface area contributed by atoms with Gasteiger partial charge in [-0.2, -0.15) is 0 Å². The molecule has 0 amide bonds. The van der Waals surface area contributed by atoms with Crippen LogP contribution < -0.4 is 0 Å². The summed E-state index contributed by atoms with van der Waals surface area (Å²) in [5, 5.41) is 2.79. The summed E-state index contributed by atoms with van der Waals surface area (Å²) in [5.74, 6) is 0. The SMILES string of the molecule is CC1=CC2SC=CC=C2S1. The molecule has 0 bridgehead atoms. The van der Waals surface area contributed by atoms with Crippen LogP contribution >= 0.6 is 23.5 Å². The van der Waals surface area contributed by atoms with E-state index in [0.29, 0.717) is 5.25 Å². The maximum absolute atomic E-state index is 2.32. The molecule has 10 heavy (non-hydrogen) atoms. The van der Waals surface area contributed by atoms with Crippen molar-refractivity contribution in [1.82, 2.24) is 0 Å². The van der Waals surface area contributed by atoms with Crippen molar-refractivity contribution in [2.75, 3.05) is 0 Å². The quantitative estimate of drug-likeness (QED) is 0.545. The third-order valence-corrected chi connectivity index (χ3v) is 3.74. The number of allylic oxidation sites excluding steroid dienone is 3. The highest BCUT2D eigenvalue weighted by atomic mass is 32.2. The first-order valence-electron chi connectivity index (χ1n) is 3.25. The van der Waals surface area contributed by atoms with Crippen LogP contribution in [0.3, 0.4) is 0 Å². The lowest BCUT2D eigenvalue weighted by Crippen LogP contribution is -1.95. The molecule has 0 radical (unpaired) electrons. The third-order valence-electron chi connectivity index (χ3n) is 1.51. The smallest absolute Gasteiger partial charge is 0.0592 e. The minimum absolute atomic E-state index is 0.634. The van der Waals surface area contributed by atoms with Crippen molar-refractivity contribution >= 4 is 23.5 Å². The molecule has 1 atom stereocenters. The first-order valence-corrected chi connectivity index (χ1v) is 5.00. The van der Waals surface area contributed by atoms with E-state index in [0.717, 1.165) is 0 Å². The zero-order valence-corrected chi connectivity index (χ0v) is 7.34. The van der Waals surface area contributed by atoms with Gasteiger partial charge in [0.15, 0.2) is 0 Å². The van der Waals surface area contributed by atoms with Crippen molar-refractivity contribution in [3.05, 3.63) is 33.4 Å². The molecule has 0 aliphatic carbocycles. The highest BCUT2D eigenvalue weighted by molar-refractivity contribution is 8.10. The van der Waals surface area contributed by atoms with E-state index in [2.05, 4.69) is 30.6 Å². The normalized spacial score (nSPS) is 29.5. The van der Waals surface area contributed by atoms with Crippen molar-refractivity contribution in [2.24, 2.45) is 0 Å². The first kappa shape index (κ1) is 6.62. The van der Waals surface area contributed by atoms with Gasteiger partial charge in [-0.3, -0.25) is 0 Å². The second kappa shape index (κ2) is 2.51. The highest BCUT2D eigenvalue weighted by Gasteiger charge is 2.20. The summed E-state index contributed by atoms with van der Waals surface area (Å²) in [6.45, 7) is 2.17. The van der Waals surface area contributed by atoms with E-state index >= 15 is 0 Å². The molecule has 0 saturated heterocycles. The lowest BCUT2D eigenvalue weighted by Gasteiger charge is -2.08. The Morgan fingerprint density at radius 3 is 3.20 bits per heavy atom. The summed E-state index contributed by atoms with van der Waals surface area (Å²) >= 11 is 3.79.